The van der Waals surface area contributed by atoms with Crippen LogP contribution in [0.5, 0.6) is 5.75 Å². The Hall–Kier alpha value is -3.17. The molecule has 0 aliphatic carbocycles. The van der Waals surface area contributed by atoms with E-state index < -0.39 is 0 Å². The van der Waals surface area contributed by atoms with Crippen molar-refractivity contribution in [1.82, 2.24) is 20.2 Å². The van der Waals surface area contributed by atoms with E-state index in [9.17, 15) is 9.90 Å². The number of thioether (sulfide) groups is 1. The molecule has 4 rings (SSSR count). The van der Waals surface area contributed by atoms with Crippen LogP contribution in [0, 0.1) is 0 Å². The number of para-hydroxylation sites is 1. The maximum absolute atomic E-state index is 12.2. The maximum atomic E-state index is 12.2. The number of nitrogens with one attached hydrogen (secondary N) is 2. The van der Waals surface area contributed by atoms with Gasteiger partial charge >= 0.3 is 0 Å². The first-order chi connectivity index (χ1) is 13.7. The number of aromatic nitrogens is 4. The molecule has 2 heterocycles. The number of benzene rings is 2. The number of aromatic amines is 1. The summed E-state index contributed by atoms with van der Waals surface area (Å²) in [4.78, 5) is 20.9. The van der Waals surface area contributed by atoms with Crippen LogP contribution in [0.25, 0.3) is 22.6 Å². The van der Waals surface area contributed by atoms with Crippen molar-refractivity contribution < 1.29 is 9.90 Å². The number of phenolic OH excluding ortho intramolecular Hbond substituents is 1. The lowest BCUT2D eigenvalue weighted by atomic mass is 10.2. The number of aromatic hydroxyl groups is 1. The molecule has 0 aliphatic rings. The Kier molecular flexibility index (Phi) is 5.36. The Labute approximate surface area is 168 Å². The van der Waals surface area contributed by atoms with Crippen molar-refractivity contribution in [2.24, 2.45) is 0 Å². The number of rotatable bonds is 6. The topological polar surface area (TPSA) is 104 Å². The van der Waals surface area contributed by atoms with Crippen molar-refractivity contribution in [3.05, 3.63) is 60.0 Å². The zero-order chi connectivity index (χ0) is 19.3. The third kappa shape index (κ3) is 4.21. The molecule has 140 valence electrons. The second kappa shape index (κ2) is 8.24. The number of phenols is 1. The molecule has 0 bridgehead atoms. The molecule has 0 fully saturated rings. The molecule has 0 aliphatic heterocycles. The van der Waals surface area contributed by atoms with Crippen LogP contribution in [0.15, 0.2) is 65.1 Å². The van der Waals surface area contributed by atoms with Crippen LogP contribution in [0.3, 0.4) is 0 Å². The largest absolute Gasteiger partial charge is 0.507 e. The molecule has 2 aromatic carbocycles. The molecule has 2 aromatic heterocycles. The predicted molar refractivity (Wildman–Crippen MR) is 110 cm³/mol. The van der Waals surface area contributed by atoms with Crippen molar-refractivity contribution in [2.75, 3.05) is 11.1 Å². The molecule has 0 saturated heterocycles. The van der Waals surface area contributed by atoms with Gasteiger partial charge in [0.1, 0.15) is 5.75 Å². The molecule has 0 spiro atoms. The van der Waals surface area contributed by atoms with E-state index in [4.69, 9.17) is 0 Å². The minimum atomic E-state index is -0.187. The molecule has 28 heavy (non-hydrogen) atoms. The number of H-pyrrole nitrogens is 1. The first-order valence-electron chi connectivity index (χ1n) is 8.33. The summed E-state index contributed by atoms with van der Waals surface area (Å²) in [5.41, 5.74) is 2.39. The standard InChI is InChI=1S/C19H15N5O2S2/c25-15-9-5-4-8-13(15)17-22-19(24-23-17)28-11-16(26)21-18-20-14(10-27-18)12-6-2-1-3-7-12/h1-10,25H,11H2,(H,20,21,26)(H,22,23,24). The first-order valence-corrected chi connectivity index (χ1v) is 10.2. The smallest absolute Gasteiger partial charge is 0.236 e. The average molecular weight is 409 g/mol. The highest BCUT2D eigenvalue weighted by atomic mass is 32.2. The van der Waals surface area contributed by atoms with Crippen LogP contribution in [-0.2, 0) is 4.79 Å². The third-order valence-corrected chi connectivity index (χ3v) is 5.38. The van der Waals surface area contributed by atoms with E-state index in [1.165, 1.54) is 23.1 Å². The number of hydrogen-bond acceptors (Lipinski definition) is 7. The number of carbonyl (C=O) groups is 1. The maximum Gasteiger partial charge on any atom is 0.236 e. The van der Waals surface area contributed by atoms with Crippen LogP contribution < -0.4 is 5.32 Å². The molecular weight excluding hydrogens is 394 g/mol. The van der Waals surface area contributed by atoms with Gasteiger partial charge in [0, 0.05) is 10.9 Å². The molecule has 9 heteroatoms. The molecule has 0 radical (unpaired) electrons. The van der Waals surface area contributed by atoms with Gasteiger partial charge in [-0.3, -0.25) is 9.89 Å². The fourth-order valence-corrected chi connectivity index (χ4v) is 3.80. The minimum absolute atomic E-state index is 0.117. The van der Waals surface area contributed by atoms with Crippen LogP contribution in [0.1, 0.15) is 0 Å². The fraction of sp³-hybridized carbons (Fsp3) is 0.0526. The van der Waals surface area contributed by atoms with Crippen LogP contribution in [0.4, 0.5) is 5.13 Å². The molecule has 7 nitrogen and oxygen atoms in total. The highest BCUT2D eigenvalue weighted by molar-refractivity contribution is 7.99. The van der Waals surface area contributed by atoms with Gasteiger partial charge in [0.2, 0.25) is 11.1 Å². The molecule has 3 N–H and O–H groups in total. The Morgan fingerprint density at radius 1 is 1.11 bits per heavy atom. The summed E-state index contributed by atoms with van der Waals surface area (Å²) in [5.74, 6) is 0.533. The third-order valence-electron chi connectivity index (χ3n) is 3.78. The summed E-state index contributed by atoms with van der Waals surface area (Å²) >= 11 is 2.58. The van der Waals surface area contributed by atoms with Crippen molar-refractivity contribution in [2.45, 2.75) is 5.16 Å². The Morgan fingerprint density at radius 2 is 1.89 bits per heavy atom. The van der Waals surface area contributed by atoms with E-state index in [0.29, 0.717) is 21.7 Å². The zero-order valence-electron chi connectivity index (χ0n) is 14.5. The number of carbonyl (C=O) groups excluding carboxylic acids is 1. The molecule has 0 saturated carbocycles. The summed E-state index contributed by atoms with van der Waals surface area (Å²) in [6.07, 6.45) is 0. The van der Waals surface area contributed by atoms with Gasteiger partial charge in [-0.15, -0.1) is 16.4 Å². The monoisotopic (exact) mass is 409 g/mol. The fourth-order valence-electron chi connectivity index (χ4n) is 2.46. The molecule has 0 unspecified atom stereocenters. The van der Waals surface area contributed by atoms with E-state index in [0.717, 1.165) is 11.3 Å². The van der Waals surface area contributed by atoms with E-state index in [-0.39, 0.29) is 17.4 Å². The van der Waals surface area contributed by atoms with Crippen LogP contribution in [-0.4, -0.2) is 36.9 Å². The van der Waals surface area contributed by atoms with Gasteiger partial charge in [-0.2, -0.15) is 0 Å². The molecule has 0 atom stereocenters. The zero-order valence-corrected chi connectivity index (χ0v) is 16.1. The summed E-state index contributed by atoms with van der Waals surface area (Å²) in [7, 11) is 0. The Balaban J connectivity index is 1.34. The van der Waals surface area contributed by atoms with Gasteiger partial charge in [-0.05, 0) is 12.1 Å². The second-order valence-corrected chi connectivity index (χ2v) is 7.53. The normalized spacial score (nSPS) is 10.7. The van der Waals surface area contributed by atoms with Crippen molar-refractivity contribution >= 4 is 34.1 Å². The van der Waals surface area contributed by atoms with Gasteiger partial charge in [-0.25, -0.2) is 9.97 Å². The SMILES string of the molecule is O=C(CSc1n[nH]c(-c2ccccc2O)n1)Nc1nc(-c2ccccc2)cs1. The summed E-state index contributed by atoms with van der Waals surface area (Å²) in [5, 5.41) is 22.4. The lowest BCUT2D eigenvalue weighted by Crippen LogP contribution is -2.13. The highest BCUT2D eigenvalue weighted by Gasteiger charge is 2.12. The predicted octanol–water partition coefficient (Wildman–Crippen LogP) is 4.03. The van der Waals surface area contributed by atoms with Gasteiger partial charge in [0.25, 0.3) is 0 Å². The van der Waals surface area contributed by atoms with Crippen LogP contribution >= 0.6 is 23.1 Å². The van der Waals surface area contributed by atoms with Crippen molar-refractivity contribution in [3.63, 3.8) is 0 Å². The Morgan fingerprint density at radius 3 is 2.71 bits per heavy atom. The van der Waals surface area contributed by atoms with E-state index in [1.54, 1.807) is 24.3 Å². The second-order valence-electron chi connectivity index (χ2n) is 5.72. The summed E-state index contributed by atoms with van der Waals surface area (Å²) in [6.45, 7) is 0. The van der Waals surface area contributed by atoms with Crippen LogP contribution in [0.2, 0.25) is 0 Å². The van der Waals surface area contributed by atoms with E-state index >= 15 is 0 Å². The summed E-state index contributed by atoms with van der Waals surface area (Å²) in [6, 6.07) is 16.6. The molecule has 4 aromatic rings. The number of anilines is 1. The first kappa shape index (κ1) is 18.2. The van der Waals surface area contributed by atoms with E-state index in [2.05, 4.69) is 25.5 Å². The minimum Gasteiger partial charge on any atom is -0.507 e. The number of hydrogen-bond donors (Lipinski definition) is 3. The highest BCUT2D eigenvalue weighted by Crippen LogP contribution is 2.27. The van der Waals surface area contributed by atoms with Crippen molar-refractivity contribution in [3.8, 4) is 28.4 Å². The quantitative estimate of drug-likeness (QED) is 0.415. The van der Waals surface area contributed by atoms with Gasteiger partial charge < -0.3 is 10.4 Å². The van der Waals surface area contributed by atoms with Gasteiger partial charge in [0.05, 0.1) is 17.0 Å². The lowest BCUT2D eigenvalue weighted by molar-refractivity contribution is -0.113. The Bertz CT molecular complexity index is 1090. The van der Waals surface area contributed by atoms with Gasteiger partial charge in [0.15, 0.2) is 11.0 Å². The number of nitrogens with zero attached hydrogens (tertiary/aromatic N) is 3. The average Bonchev–Trinajstić information content (AvgIpc) is 3.37. The summed E-state index contributed by atoms with van der Waals surface area (Å²) < 4.78 is 0. The number of thiazole rings is 1. The van der Waals surface area contributed by atoms with Gasteiger partial charge in [-0.1, -0.05) is 54.2 Å². The van der Waals surface area contributed by atoms with Crippen molar-refractivity contribution in [1.29, 1.82) is 0 Å². The van der Waals surface area contributed by atoms with E-state index in [1.807, 2.05) is 35.7 Å². The molecule has 1 amide bonds. The number of amides is 1. The molecular formula is C19H15N5O2S2. The lowest BCUT2D eigenvalue weighted by Gasteiger charge is -2.00.